The third kappa shape index (κ3) is 3.33. The van der Waals surface area contributed by atoms with Crippen LogP contribution in [0.25, 0.3) is 0 Å². The van der Waals surface area contributed by atoms with Crippen LogP contribution in [0.5, 0.6) is 0 Å². The van der Waals surface area contributed by atoms with Gasteiger partial charge in [0.1, 0.15) is 0 Å². The van der Waals surface area contributed by atoms with Crippen molar-refractivity contribution in [3.63, 3.8) is 0 Å². The summed E-state index contributed by atoms with van der Waals surface area (Å²) in [7, 11) is 0. The molecule has 1 aromatic carbocycles. The van der Waals surface area contributed by atoms with Crippen molar-refractivity contribution in [3.8, 4) is 0 Å². The molecule has 1 heterocycles. The smallest absolute Gasteiger partial charge is 0.416 e. The Hall–Kier alpha value is -1.85. The van der Waals surface area contributed by atoms with Crippen LogP contribution in [0.2, 0.25) is 0 Å². The first-order valence-corrected chi connectivity index (χ1v) is 5.84. The van der Waals surface area contributed by atoms with Crippen LogP contribution < -0.4 is 0 Å². The van der Waals surface area contributed by atoms with Crippen molar-refractivity contribution in [2.45, 2.75) is 32.4 Å². The summed E-state index contributed by atoms with van der Waals surface area (Å²) in [5.74, 6) is 1.07. The van der Waals surface area contributed by atoms with E-state index in [0.29, 0.717) is 23.8 Å². The van der Waals surface area contributed by atoms with Crippen LogP contribution in [0, 0.1) is 0 Å². The lowest BCUT2D eigenvalue weighted by Gasteiger charge is -2.06. The Labute approximate surface area is 108 Å². The molecule has 19 heavy (non-hydrogen) atoms. The number of rotatable bonds is 3. The molecule has 2 aromatic rings. The van der Waals surface area contributed by atoms with Gasteiger partial charge in [-0.1, -0.05) is 26.0 Å². The summed E-state index contributed by atoms with van der Waals surface area (Å²) in [4.78, 5) is 0. The number of aromatic nitrogens is 2. The van der Waals surface area contributed by atoms with E-state index >= 15 is 0 Å². The molecule has 0 aliphatic rings. The highest BCUT2D eigenvalue weighted by molar-refractivity contribution is 5.26. The van der Waals surface area contributed by atoms with Crippen molar-refractivity contribution in [1.82, 2.24) is 10.2 Å². The molecule has 0 amide bonds. The van der Waals surface area contributed by atoms with Gasteiger partial charge in [0.25, 0.3) is 0 Å². The van der Waals surface area contributed by atoms with Gasteiger partial charge in [0.2, 0.25) is 11.8 Å². The Morgan fingerprint density at radius 1 is 1.11 bits per heavy atom. The summed E-state index contributed by atoms with van der Waals surface area (Å²) in [6, 6.07) is 4.94. The highest BCUT2D eigenvalue weighted by Gasteiger charge is 2.29. The summed E-state index contributed by atoms with van der Waals surface area (Å²) in [5, 5.41) is 7.74. The molecule has 0 N–H and O–H groups in total. The standard InChI is InChI=1S/C13H13F3N2O/c1-8(2)12-18-17-11(19-12)7-9-3-5-10(6-4-9)13(14,15)16/h3-6,8H,7H2,1-2H3. The molecule has 0 spiro atoms. The van der Waals surface area contributed by atoms with Gasteiger partial charge in [-0.05, 0) is 17.7 Å². The molecule has 0 radical (unpaired) electrons. The molecule has 6 heteroatoms. The lowest BCUT2D eigenvalue weighted by atomic mass is 10.1. The summed E-state index contributed by atoms with van der Waals surface area (Å²) in [6.07, 6.45) is -3.98. The van der Waals surface area contributed by atoms with E-state index in [1.807, 2.05) is 13.8 Å². The third-order valence-corrected chi connectivity index (χ3v) is 2.61. The normalized spacial score (nSPS) is 12.1. The minimum absolute atomic E-state index is 0.133. The average molecular weight is 270 g/mol. The van der Waals surface area contributed by atoms with Gasteiger partial charge in [0, 0.05) is 5.92 Å². The molecule has 0 atom stereocenters. The Balaban J connectivity index is 2.11. The Bertz CT molecular complexity index is 544. The fraction of sp³-hybridized carbons (Fsp3) is 0.385. The Morgan fingerprint density at radius 2 is 1.74 bits per heavy atom. The van der Waals surface area contributed by atoms with Crippen molar-refractivity contribution < 1.29 is 17.6 Å². The molecule has 0 saturated carbocycles. The molecule has 102 valence electrons. The zero-order valence-electron chi connectivity index (χ0n) is 10.5. The number of halogens is 3. The van der Waals surface area contributed by atoms with E-state index in [0.717, 1.165) is 12.1 Å². The number of nitrogens with zero attached hydrogens (tertiary/aromatic N) is 2. The predicted octanol–water partition coefficient (Wildman–Crippen LogP) is 3.80. The lowest BCUT2D eigenvalue weighted by Crippen LogP contribution is -2.04. The van der Waals surface area contributed by atoms with E-state index in [4.69, 9.17) is 4.42 Å². The predicted molar refractivity (Wildman–Crippen MR) is 62.6 cm³/mol. The van der Waals surface area contributed by atoms with E-state index in [-0.39, 0.29) is 5.92 Å². The van der Waals surface area contributed by atoms with Crippen LogP contribution in [0.3, 0.4) is 0 Å². The average Bonchev–Trinajstić information content (AvgIpc) is 2.77. The first-order chi connectivity index (χ1) is 8.86. The molecule has 0 aliphatic heterocycles. The van der Waals surface area contributed by atoms with Crippen molar-refractivity contribution in [2.24, 2.45) is 0 Å². The highest BCUT2D eigenvalue weighted by atomic mass is 19.4. The van der Waals surface area contributed by atoms with Crippen molar-refractivity contribution in [2.75, 3.05) is 0 Å². The summed E-state index contributed by atoms with van der Waals surface area (Å²) in [6.45, 7) is 3.85. The fourth-order valence-electron chi connectivity index (χ4n) is 1.56. The van der Waals surface area contributed by atoms with Crippen LogP contribution in [-0.4, -0.2) is 10.2 Å². The van der Waals surface area contributed by atoms with Gasteiger partial charge < -0.3 is 4.42 Å². The maximum Gasteiger partial charge on any atom is 0.416 e. The molecule has 0 fully saturated rings. The number of benzene rings is 1. The SMILES string of the molecule is CC(C)c1nnc(Cc2ccc(C(F)(F)F)cc2)o1. The van der Waals surface area contributed by atoms with Crippen LogP contribution in [0.4, 0.5) is 13.2 Å². The highest BCUT2D eigenvalue weighted by Crippen LogP contribution is 2.29. The molecular formula is C13H13F3N2O. The molecule has 0 aliphatic carbocycles. The number of hydrogen-bond acceptors (Lipinski definition) is 3. The maximum atomic E-state index is 12.4. The van der Waals surface area contributed by atoms with Crippen molar-refractivity contribution >= 4 is 0 Å². The van der Waals surface area contributed by atoms with Gasteiger partial charge in [0.15, 0.2) is 0 Å². The Morgan fingerprint density at radius 3 is 2.21 bits per heavy atom. The van der Waals surface area contributed by atoms with Crippen LogP contribution in [-0.2, 0) is 12.6 Å². The van der Waals surface area contributed by atoms with Crippen LogP contribution >= 0.6 is 0 Å². The van der Waals surface area contributed by atoms with Gasteiger partial charge in [-0.3, -0.25) is 0 Å². The van der Waals surface area contributed by atoms with Crippen LogP contribution in [0.15, 0.2) is 28.7 Å². The molecule has 0 unspecified atom stereocenters. The Kier molecular flexibility index (Phi) is 3.59. The zero-order valence-corrected chi connectivity index (χ0v) is 10.5. The lowest BCUT2D eigenvalue weighted by molar-refractivity contribution is -0.137. The van der Waals surface area contributed by atoms with Gasteiger partial charge in [-0.15, -0.1) is 10.2 Å². The van der Waals surface area contributed by atoms with Gasteiger partial charge in [-0.25, -0.2) is 0 Å². The topological polar surface area (TPSA) is 38.9 Å². The van der Waals surface area contributed by atoms with E-state index < -0.39 is 11.7 Å². The quantitative estimate of drug-likeness (QED) is 0.851. The van der Waals surface area contributed by atoms with Gasteiger partial charge in [-0.2, -0.15) is 13.2 Å². The number of hydrogen-bond donors (Lipinski definition) is 0. The molecular weight excluding hydrogens is 257 g/mol. The second-order valence-electron chi connectivity index (χ2n) is 4.56. The van der Waals surface area contributed by atoms with E-state index in [2.05, 4.69) is 10.2 Å². The van der Waals surface area contributed by atoms with Crippen molar-refractivity contribution in [3.05, 3.63) is 47.2 Å². The molecule has 3 nitrogen and oxygen atoms in total. The van der Waals surface area contributed by atoms with Crippen molar-refractivity contribution in [1.29, 1.82) is 0 Å². The molecule has 0 bridgehead atoms. The monoisotopic (exact) mass is 270 g/mol. The van der Waals surface area contributed by atoms with E-state index in [1.165, 1.54) is 12.1 Å². The molecule has 0 saturated heterocycles. The summed E-state index contributed by atoms with van der Waals surface area (Å²) >= 11 is 0. The number of alkyl halides is 3. The second kappa shape index (κ2) is 5.03. The van der Waals surface area contributed by atoms with E-state index in [9.17, 15) is 13.2 Å². The maximum absolute atomic E-state index is 12.4. The first-order valence-electron chi connectivity index (χ1n) is 5.84. The summed E-state index contributed by atoms with van der Waals surface area (Å²) in [5.41, 5.74) is 0.0385. The van der Waals surface area contributed by atoms with Crippen LogP contribution in [0.1, 0.15) is 42.7 Å². The minimum Gasteiger partial charge on any atom is -0.425 e. The minimum atomic E-state index is -4.31. The zero-order chi connectivity index (χ0) is 14.0. The molecule has 2 rings (SSSR count). The van der Waals surface area contributed by atoms with Gasteiger partial charge >= 0.3 is 6.18 Å². The van der Waals surface area contributed by atoms with Gasteiger partial charge in [0.05, 0.1) is 12.0 Å². The largest absolute Gasteiger partial charge is 0.425 e. The summed E-state index contributed by atoms with van der Waals surface area (Å²) < 4.78 is 42.6. The fourth-order valence-corrected chi connectivity index (χ4v) is 1.56. The van der Waals surface area contributed by atoms with E-state index in [1.54, 1.807) is 0 Å². The second-order valence-corrected chi connectivity index (χ2v) is 4.56. The molecule has 1 aromatic heterocycles. The third-order valence-electron chi connectivity index (χ3n) is 2.61. The first kappa shape index (κ1) is 13.6.